The Morgan fingerprint density at radius 1 is 1.38 bits per heavy atom. The zero-order chi connectivity index (χ0) is 15.2. The highest BCUT2D eigenvalue weighted by molar-refractivity contribution is 6.30. The number of hydrogen-bond donors (Lipinski definition) is 1. The van der Waals surface area contributed by atoms with Gasteiger partial charge >= 0.3 is 0 Å². The zero-order valence-electron chi connectivity index (χ0n) is 12.5. The van der Waals surface area contributed by atoms with Crippen LogP contribution in [0.25, 0.3) is 0 Å². The van der Waals surface area contributed by atoms with E-state index in [-0.39, 0.29) is 18.6 Å². The van der Waals surface area contributed by atoms with E-state index in [0.717, 1.165) is 31.5 Å². The Bertz CT molecular complexity index is 485. The zero-order valence-corrected chi connectivity index (χ0v) is 13.2. The Hall–Kier alpha value is -1.26. The van der Waals surface area contributed by atoms with Crippen molar-refractivity contribution in [2.24, 2.45) is 5.73 Å². The van der Waals surface area contributed by atoms with Crippen LogP contribution in [-0.2, 0) is 11.2 Å². The summed E-state index contributed by atoms with van der Waals surface area (Å²) in [6.07, 6.45) is 4.05. The first-order valence-electron chi connectivity index (χ1n) is 7.51. The summed E-state index contributed by atoms with van der Waals surface area (Å²) in [6, 6.07) is 5.45. The van der Waals surface area contributed by atoms with Crippen LogP contribution in [0, 0.1) is 0 Å². The molecular formula is C16H23ClN2O2. The summed E-state index contributed by atoms with van der Waals surface area (Å²) in [6.45, 7) is 3.70. The predicted octanol–water partition coefficient (Wildman–Crippen LogP) is 2.62. The Balaban J connectivity index is 1.97. The number of halogens is 1. The first-order valence-corrected chi connectivity index (χ1v) is 7.88. The van der Waals surface area contributed by atoms with Crippen molar-refractivity contribution >= 4 is 17.5 Å². The highest BCUT2D eigenvalue weighted by Gasteiger charge is 2.17. The van der Waals surface area contributed by atoms with Crippen LogP contribution in [0.15, 0.2) is 18.2 Å². The molecule has 1 heterocycles. The van der Waals surface area contributed by atoms with E-state index in [1.807, 2.05) is 24.0 Å². The first-order chi connectivity index (χ1) is 10.1. The number of amides is 1. The van der Waals surface area contributed by atoms with Crippen LogP contribution in [0.3, 0.4) is 0 Å². The Morgan fingerprint density at radius 3 is 2.76 bits per heavy atom. The van der Waals surface area contributed by atoms with Crippen LogP contribution in [0.5, 0.6) is 5.75 Å². The monoisotopic (exact) mass is 310 g/mol. The lowest BCUT2D eigenvalue weighted by Crippen LogP contribution is -2.38. The van der Waals surface area contributed by atoms with Gasteiger partial charge in [0.15, 0.2) is 6.61 Å². The van der Waals surface area contributed by atoms with Gasteiger partial charge in [-0.2, -0.15) is 0 Å². The molecule has 1 aromatic rings. The molecule has 1 saturated heterocycles. The number of carbonyl (C=O) groups is 1. The van der Waals surface area contributed by atoms with Gasteiger partial charge in [-0.05, 0) is 56.4 Å². The second-order valence-corrected chi connectivity index (χ2v) is 6.10. The van der Waals surface area contributed by atoms with Crippen LogP contribution in [0.1, 0.15) is 31.7 Å². The fourth-order valence-corrected chi connectivity index (χ4v) is 2.76. The lowest BCUT2D eigenvalue weighted by molar-refractivity contribution is -0.134. The molecule has 0 radical (unpaired) electrons. The molecule has 4 nitrogen and oxygen atoms in total. The number of piperidine rings is 1. The van der Waals surface area contributed by atoms with Crippen molar-refractivity contribution in [3.8, 4) is 5.75 Å². The normalized spacial score (nSPS) is 16.6. The Labute approximate surface area is 131 Å². The van der Waals surface area contributed by atoms with E-state index in [9.17, 15) is 4.79 Å². The number of carbonyl (C=O) groups excluding carboxylic acids is 1. The summed E-state index contributed by atoms with van der Waals surface area (Å²) in [7, 11) is 0. The minimum absolute atomic E-state index is 0.0172. The van der Waals surface area contributed by atoms with Crippen LogP contribution in [0.4, 0.5) is 0 Å². The van der Waals surface area contributed by atoms with E-state index in [0.29, 0.717) is 17.2 Å². The number of ether oxygens (including phenoxy) is 1. The third-order valence-corrected chi connectivity index (χ3v) is 3.86. The molecule has 1 amide bonds. The van der Waals surface area contributed by atoms with E-state index >= 15 is 0 Å². The summed E-state index contributed by atoms with van der Waals surface area (Å²) in [5, 5.41) is 0.653. The van der Waals surface area contributed by atoms with E-state index < -0.39 is 0 Å². The molecule has 116 valence electrons. The quantitative estimate of drug-likeness (QED) is 0.909. The molecule has 0 spiro atoms. The van der Waals surface area contributed by atoms with Crippen molar-refractivity contribution in [3.05, 3.63) is 28.8 Å². The van der Waals surface area contributed by atoms with Crippen molar-refractivity contribution in [1.82, 2.24) is 4.90 Å². The van der Waals surface area contributed by atoms with Crippen LogP contribution < -0.4 is 10.5 Å². The molecule has 2 N–H and O–H groups in total. The Kier molecular flexibility index (Phi) is 5.88. The molecule has 1 atom stereocenters. The van der Waals surface area contributed by atoms with Crippen molar-refractivity contribution in [1.29, 1.82) is 0 Å². The molecule has 2 rings (SSSR count). The van der Waals surface area contributed by atoms with Crippen LogP contribution >= 0.6 is 11.6 Å². The van der Waals surface area contributed by atoms with Crippen molar-refractivity contribution in [2.45, 2.75) is 38.6 Å². The summed E-state index contributed by atoms with van der Waals surface area (Å²) >= 11 is 6.01. The molecule has 1 aromatic carbocycles. The predicted molar refractivity (Wildman–Crippen MR) is 84.7 cm³/mol. The van der Waals surface area contributed by atoms with Gasteiger partial charge < -0.3 is 15.4 Å². The minimum Gasteiger partial charge on any atom is -0.483 e. The van der Waals surface area contributed by atoms with Crippen molar-refractivity contribution < 1.29 is 9.53 Å². The van der Waals surface area contributed by atoms with E-state index in [1.54, 1.807) is 6.07 Å². The third kappa shape index (κ3) is 4.90. The molecule has 1 aliphatic rings. The molecule has 1 fully saturated rings. The highest BCUT2D eigenvalue weighted by Crippen LogP contribution is 2.24. The Morgan fingerprint density at radius 2 is 2.10 bits per heavy atom. The van der Waals surface area contributed by atoms with Gasteiger partial charge in [0.2, 0.25) is 0 Å². The smallest absolute Gasteiger partial charge is 0.260 e. The molecule has 0 bridgehead atoms. The van der Waals surface area contributed by atoms with Gasteiger partial charge in [0.25, 0.3) is 5.91 Å². The van der Waals surface area contributed by atoms with Crippen molar-refractivity contribution in [3.63, 3.8) is 0 Å². The number of likely N-dealkylation sites (tertiary alicyclic amines) is 1. The standard InChI is InChI=1S/C16H23ClN2O2/c1-12(18)9-13-10-14(17)5-6-15(13)21-11-16(20)19-7-3-2-4-8-19/h5-6,10,12H,2-4,7-9,11,18H2,1H3. The van der Waals surface area contributed by atoms with E-state index in [1.165, 1.54) is 6.42 Å². The summed E-state index contributed by atoms with van der Waals surface area (Å²) in [5.74, 6) is 0.749. The van der Waals surface area contributed by atoms with Crippen molar-refractivity contribution in [2.75, 3.05) is 19.7 Å². The van der Waals surface area contributed by atoms with Gasteiger partial charge in [-0.15, -0.1) is 0 Å². The molecule has 0 aliphatic carbocycles. The number of nitrogens with two attached hydrogens (primary N) is 1. The second kappa shape index (κ2) is 7.66. The second-order valence-electron chi connectivity index (χ2n) is 5.66. The molecule has 21 heavy (non-hydrogen) atoms. The maximum absolute atomic E-state index is 12.1. The molecule has 1 unspecified atom stereocenters. The number of benzene rings is 1. The van der Waals surface area contributed by atoms with Crippen LogP contribution in [0.2, 0.25) is 5.02 Å². The van der Waals surface area contributed by atoms with Gasteiger partial charge in [0.1, 0.15) is 5.75 Å². The fourth-order valence-electron chi connectivity index (χ4n) is 2.57. The average molecular weight is 311 g/mol. The molecule has 0 saturated carbocycles. The number of hydrogen-bond acceptors (Lipinski definition) is 3. The highest BCUT2D eigenvalue weighted by atomic mass is 35.5. The molecule has 1 aliphatic heterocycles. The molecule has 5 heteroatoms. The van der Waals surface area contributed by atoms with Gasteiger partial charge in [-0.3, -0.25) is 4.79 Å². The van der Waals surface area contributed by atoms with Gasteiger partial charge in [-0.25, -0.2) is 0 Å². The average Bonchev–Trinajstić information content (AvgIpc) is 2.46. The fraction of sp³-hybridized carbons (Fsp3) is 0.562. The maximum atomic E-state index is 12.1. The third-order valence-electron chi connectivity index (χ3n) is 3.62. The lowest BCUT2D eigenvalue weighted by Gasteiger charge is -2.26. The molecular weight excluding hydrogens is 288 g/mol. The maximum Gasteiger partial charge on any atom is 0.260 e. The van der Waals surface area contributed by atoms with E-state index in [4.69, 9.17) is 22.1 Å². The SMILES string of the molecule is CC(N)Cc1cc(Cl)ccc1OCC(=O)N1CCCCC1. The summed E-state index contributed by atoms with van der Waals surface area (Å²) < 4.78 is 5.70. The lowest BCUT2D eigenvalue weighted by atomic mass is 10.1. The van der Waals surface area contributed by atoms with Gasteiger partial charge in [-0.1, -0.05) is 11.6 Å². The van der Waals surface area contributed by atoms with Crippen LogP contribution in [-0.4, -0.2) is 36.5 Å². The molecule has 0 aromatic heterocycles. The largest absolute Gasteiger partial charge is 0.483 e. The number of rotatable bonds is 5. The minimum atomic E-state index is 0.0172. The topological polar surface area (TPSA) is 55.6 Å². The van der Waals surface area contributed by atoms with Gasteiger partial charge in [0, 0.05) is 24.2 Å². The first kappa shape index (κ1) is 16.1. The number of nitrogens with zero attached hydrogens (tertiary/aromatic N) is 1. The summed E-state index contributed by atoms with van der Waals surface area (Å²) in [5.41, 5.74) is 6.79. The van der Waals surface area contributed by atoms with E-state index in [2.05, 4.69) is 0 Å². The van der Waals surface area contributed by atoms with Gasteiger partial charge in [0.05, 0.1) is 0 Å². The summed E-state index contributed by atoms with van der Waals surface area (Å²) in [4.78, 5) is 14.0.